The first kappa shape index (κ1) is 19.1. The Labute approximate surface area is 150 Å². The highest BCUT2D eigenvalue weighted by atomic mass is 16.3. The van der Waals surface area contributed by atoms with Gasteiger partial charge in [-0.2, -0.15) is 0 Å². The Hall–Kier alpha value is -2.24. The third-order valence-corrected chi connectivity index (χ3v) is 4.72. The van der Waals surface area contributed by atoms with Crippen LogP contribution in [-0.2, 0) is 11.3 Å². The smallest absolute Gasteiger partial charge is 0.230 e. The number of benzene rings is 1. The summed E-state index contributed by atoms with van der Waals surface area (Å²) in [5, 5.41) is 16.0. The van der Waals surface area contributed by atoms with E-state index < -0.39 is 0 Å². The highest BCUT2D eigenvalue weighted by molar-refractivity contribution is 5.85. The first-order valence-corrected chi connectivity index (χ1v) is 8.99. The number of amides is 1. The predicted octanol–water partition coefficient (Wildman–Crippen LogP) is 2.10. The van der Waals surface area contributed by atoms with Gasteiger partial charge >= 0.3 is 0 Å². The van der Waals surface area contributed by atoms with Crippen molar-refractivity contribution in [2.45, 2.75) is 39.2 Å². The van der Waals surface area contributed by atoms with Crippen LogP contribution in [0.2, 0.25) is 0 Å². The second-order valence-corrected chi connectivity index (χ2v) is 6.90. The first-order valence-electron chi connectivity index (χ1n) is 8.99. The minimum absolute atomic E-state index is 0.201. The van der Waals surface area contributed by atoms with Gasteiger partial charge < -0.3 is 20.6 Å². The molecule has 0 spiro atoms. The summed E-state index contributed by atoms with van der Waals surface area (Å²) < 4.78 is 0. The van der Waals surface area contributed by atoms with Crippen molar-refractivity contribution in [3.8, 4) is 5.75 Å². The molecule has 2 rings (SSSR count). The molecule has 0 aromatic heterocycles. The summed E-state index contributed by atoms with van der Waals surface area (Å²) in [7, 11) is 3.65. The molecule has 1 aromatic carbocycles. The van der Waals surface area contributed by atoms with Crippen LogP contribution in [0, 0.1) is 5.41 Å². The van der Waals surface area contributed by atoms with E-state index in [4.69, 9.17) is 0 Å². The lowest BCUT2D eigenvalue weighted by Crippen LogP contribution is -2.49. The molecule has 6 heteroatoms. The Morgan fingerprint density at radius 2 is 1.84 bits per heavy atom. The van der Waals surface area contributed by atoms with Crippen molar-refractivity contribution < 1.29 is 9.90 Å². The molecule has 1 amide bonds. The summed E-state index contributed by atoms with van der Waals surface area (Å²) in [4.78, 5) is 19.0. The fourth-order valence-corrected chi connectivity index (χ4v) is 3.36. The fourth-order valence-electron chi connectivity index (χ4n) is 3.36. The third-order valence-electron chi connectivity index (χ3n) is 4.72. The molecule has 0 bridgehead atoms. The second kappa shape index (κ2) is 8.74. The Bertz CT molecular complexity index is 590. The molecule has 25 heavy (non-hydrogen) atoms. The molecule has 0 saturated heterocycles. The third kappa shape index (κ3) is 5.11. The van der Waals surface area contributed by atoms with Crippen molar-refractivity contribution in [2.75, 3.05) is 27.2 Å². The lowest BCUT2D eigenvalue weighted by molar-refractivity contribution is -0.138. The number of nitrogens with zero attached hydrogens (tertiary/aromatic N) is 2. The van der Waals surface area contributed by atoms with Crippen LogP contribution >= 0.6 is 0 Å². The number of aliphatic imine (C=N–C) groups is 1. The second-order valence-electron chi connectivity index (χ2n) is 6.90. The highest BCUT2D eigenvalue weighted by Crippen LogP contribution is 2.38. The zero-order valence-corrected chi connectivity index (χ0v) is 15.5. The van der Waals surface area contributed by atoms with Gasteiger partial charge in [-0.25, -0.2) is 4.99 Å². The quantitative estimate of drug-likeness (QED) is 0.544. The number of guanidine groups is 1. The van der Waals surface area contributed by atoms with E-state index >= 15 is 0 Å². The molecular weight excluding hydrogens is 316 g/mol. The standard InChI is InChI=1S/C19H30N4O2/c1-4-20-18(21-13-15-7-9-16(24)10-8-15)22-14-19(11-5-6-12-19)17(25)23(2)3/h7-10,24H,4-6,11-14H2,1-3H3,(H2,20,21,22). The first-order chi connectivity index (χ1) is 12.0. The molecule has 1 aromatic rings. The van der Waals surface area contributed by atoms with E-state index in [-0.39, 0.29) is 17.1 Å². The van der Waals surface area contributed by atoms with E-state index in [0.29, 0.717) is 19.0 Å². The number of carbonyl (C=O) groups excluding carboxylic acids is 1. The molecule has 0 unspecified atom stereocenters. The van der Waals surface area contributed by atoms with Gasteiger partial charge in [-0.15, -0.1) is 0 Å². The number of aromatic hydroxyl groups is 1. The van der Waals surface area contributed by atoms with Gasteiger partial charge in [0.2, 0.25) is 5.91 Å². The molecule has 1 aliphatic rings. The van der Waals surface area contributed by atoms with Gasteiger partial charge in [0, 0.05) is 27.2 Å². The summed E-state index contributed by atoms with van der Waals surface area (Å²) in [5.41, 5.74) is 0.702. The molecule has 1 fully saturated rings. The van der Waals surface area contributed by atoms with E-state index in [9.17, 15) is 9.90 Å². The van der Waals surface area contributed by atoms with Gasteiger partial charge in [-0.1, -0.05) is 25.0 Å². The van der Waals surface area contributed by atoms with Gasteiger partial charge in [0.25, 0.3) is 0 Å². The van der Waals surface area contributed by atoms with Crippen molar-refractivity contribution in [1.82, 2.24) is 15.5 Å². The van der Waals surface area contributed by atoms with Gasteiger partial charge in [0.15, 0.2) is 5.96 Å². The zero-order chi connectivity index (χ0) is 18.3. The van der Waals surface area contributed by atoms with E-state index in [1.807, 2.05) is 33.2 Å². The lowest BCUT2D eigenvalue weighted by Gasteiger charge is -2.31. The average molecular weight is 346 g/mol. The van der Waals surface area contributed by atoms with Crippen molar-refractivity contribution in [3.63, 3.8) is 0 Å². The molecular formula is C19H30N4O2. The molecule has 0 aliphatic heterocycles. The van der Waals surface area contributed by atoms with Crippen LogP contribution < -0.4 is 10.6 Å². The molecule has 3 N–H and O–H groups in total. The number of rotatable bonds is 6. The molecule has 1 aliphatic carbocycles. The number of carbonyl (C=O) groups is 1. The van der Waals surface area contributed by atoms with Crippen molar-refractivity contribution in [1.29, 1.82) is 0 Å². The number of nitrogens with one attached hydrogen (secondary N) is 2. The van der Waals surface area contributed by atoms with Crippen LogP contribution in [0.5, 0.6) is 5.75 Å². The summed E-state index contributed by atoms with van der Waals surface area (Å²) in [5.74, 6) is 1.17. The van der Waals surface area contributed by atoms with E-state index in [1.165, 1.54) is 0 Å². The Kier molecular flexibility index (Phi) is 6.67. The van der Waals surface area contributed by atoms with Crippen LogP contribution in [0.3, 0.4) is 0 Å². The van der Waals surface area contributed by atoms with Gasteiger partial charge in [-0.3, -0.25) is 4.79 Å². The lowest BCUT2D eigenvalue weighted by atomic mass is 9.84. The number of phenolic OH excluding ortho intramolecular Hbond substituents is 1. The number of phenols is 1. The average Bonchev–Trinajstić information content (AvgIpc) is 3.08. The van der Waals surface area contributed by atoms with Crippen molar-refractivity contribution in [2.24, 2.45) is 10.4 Å². The number of hydrogen-bond acceptors (Lipinski definition) is 3. The molecule has 1 saturated carbocycles. The van der Waals surface area contributed by atoms with E-state index in [2.05, 4.69) is 15.6 Å². The predicted molar refractivity (Wildman–Crippen MR) is 101 cm³/mol. The summed E-state index contributed by atoms with van der Waals surface area (Å²) >= 11 is 0. The highest BCUT2D eigenvalue weighted by Gasteiger charge is 2.42. The maximum Gasteiger partial charge on any atom is 0.230 e. The largest absolute Gasteiger partial charge is 0.508 e. The van der Waals surface area contributed by atoms with Crippen molar-refractivity contribution >= 4 is 11.9 Å². The monoisotopic (exact) mass is 346 g/mol. The molecule has 138 valence electrons. The summed E-state index contributed by atoms with van der Waals surface area (Å²) in [6.45, 7) is 3.90. The molecule has 6 nitrogen and oxygen atoms in total. The van der Waals surface area contributed by atoms with E-state index in [0.717, 1.165) is 37.8 Å². The molecule has 0 radical (unpaired) electrons. The summed E-state index contributed by atoms with van der Waals surface area (Å²) in [6, 6.07) is 7.04. The Balaban J connectivity index is 2.03. The Morgan fingerprint density at radius 1 is 1.20 bits per heavy atom. The molecule has 0 atom stereocenters. The molecule has 0 heterocycles. The van der Waals surface area contributed by atoms with Crippen LogP contribution in [0.1, 0.15) is 38.2 Å². The minimum Gasteiger partial charge on any atom is -0.508 e. The SMILES string of the molecule is CCNC(=NCc1ccc(O)cc1)NCC1(C(=O)N(C)C)CCCC1. The van der Waals surface area contributed by atoms with Crippen LogP contribution in [0.15, 0.2) is 29.3 Å². The normalized spacial score (nSPS) is 16.5. The summed E-state index contributed by atoms with van der Waals surface area (Å²) in [6.07, 6.45) is 4.05. The van der Waals surface area contributed by atoms with E-state index in [1.54, 1.807) is 17.0 Å². The fraction of sp³-hybridized carbons (Fsp3) is 0.579. The van der Waals surface area contributed by atoms with Crippen LogP contribution in [0.25, 0.3) is 0 Å². The Morgan fingerprint density at radius 3 is 2.40 bits per heavy atom. The topological polar surface area (TPSA) is 77.0 Å². The van der Waals surface area contributed by atoms with Crippen LogP contribution in [0.4, 0.5) is 0 Å². The van der Waals surface area contributed by atoms with Gasteiger partial charge in [0.1, 0.15) is 5.75 Å². The number of hydrogen-bond donors (Lipinski definition) is 3. The van der Waals surface area contributed by atoms with Crippen molar-refractivity contribution in [3.05, 3.63) is 29.8 Å². The minimum atomic E-state index is -0.321. The van der Waals surface area contributed by atoms with Gasteiger partial charge in [0.05, 0.1) is 12.0 Å². The maximum atomic E-state index is 12.7. The van der Waals surface area contributed by atoms with Crippen LogP contribution in [-0.4, -0.2) is 49.1 Å². The zero-order valence-electron chi connectivity index (χ0n) is 15.5. The van der Waals surface area contributed by atoms with Gasteiger partial charge in [-0.05, 0) is 37.5 Å². The maximum absolute atomic E-state index is 12.7.